The number of fused-ring (bicyclic) bond motifs is 3. The van der Waals surface area contributed by atoms with Gasteiger partial charge in [0.2, 0.25) is 0 Å². The van der Waals surface area contributed by atoms with E-state index in [1.165, 1.54) is 60.8 Å². The van der Waals surface area contributed by atoms with Crippen molar-refractivity contribution in [3.63, 3.8) is 0 Å². The molecule has 10 rings (SSSR count). The fraction of sp³-hybridized carbons (Fsp3) is 0. The van der Waals surface area contributed by atoms with Gasteiger partial charge in [-0.2, -0.15) is 0 Å². The molecule has 264 valence electrons. The van der Waals surface area contributed by atoms with Gasteiger partial charge in [-0.15, -0.1) is 0 Å². The first-order chi connectivity index (χ1) is 27.8. The molecular formula is C54H38N2. The van der Waals surface area contributed by atoms with Gasteiger partial charge in [0, 0.05) is 33.3 Å². The number of anilines is 3. The van der Waals surface area contributed by atoms with Crippen LogP contribution in [0.1, 0.15) is 0 Å². The quantitative estimate of drug-likeness (QED) is 0.152. The van der Waals surface area contributed by atoms with Crippen molar-refractivity contribution in [2.45, 2.75) is 0 Å². The van der Waals surface area contributed by atoms with Crippen LogP contribution in [0, 0.1) is 0 Å². The number of nitrogens with zero attached hydrogens (tertiary/aromatic N) is 2. The normalized spacial score (nSPS) is 11.2. The molecule has 1 heterocycles. The summed E-state index contributed by atoms with van der Waals surface area (Å²) in [5, 5.41) is 2.50. The Hall–Kier alpha value is -7.42. The smallest absolute Gasteiger partial charge is 0.0547 e. The fourth-order valence-electron chi connectivity index (χ4n) is 8.13. The van der Waals surface area contributed by atoms with Gasteiger partial charge < -0.3 is 9.47 Å². The van der Waals surface area contributed by atoms with Crippen molar-refractivity contribution >= 4 is 38.9 Å². The molecular weight excluding hydrogens is 677 g/mol. The third-order valence-electron chi connectivity index (χ3n) is 10.8. The van der Waals surface area contributed by atoms with Crippen LogP contribution in [-0.4, -0.2) is 4.57 Å². The second-order valence-corrected chi connectivity index (χ2v) is 14.1. The van der Waals surface area contributed by atoms with E-state index in [2.05, 4.69) is 240 Å². The number of para-hydroxylation sites is 3. The maximum Gasteiger partial charge on any atom is 0.0547 e. The minimum absolute atomic E-state index is 1.09. The van der Waals surface area contributed by atoms with Gasteiger partial charge in [0.05, 0.1) is 22.4 Å². The largest absolute Gasteiger partial charge is 0.310 e. The summed E-state index contributed by atoms with van der Waals surface area (Å²) in [7, 11) is 0. The van der Waals surface area contributed by atoms with Crippen LogP contribution in [0.2, 0.25) is 0 Å². The lowest BCUT2D eigenvalue weighted by atomic mass is 10.00. The minimum Gasteiger partial charge on any atom is -0.310 e. The van der Waals surface area contributed by atoms with Crippen LogP contribution in [0.15, 0.2) is 231 Å². The van der Waals surface area contributed by atoms with Crippen LogP contribution in [0.4, 0.5) is 17.1 Å². The van der Waals surface area contributed by atoms with Crippen molar-refractivity contribution in [3.05, 3.63) is 231 Å². The number of benzene rings is 9. The summed E-state index contributed by atoms with van der Waals surface area (Å²) >= 11 is 0. The number of hydrogen-bond acceptors (Lipinski definition) is 1. The van der Waals surface area contributed by atoms with E-state index in [4.69, 9.17) is 0 Å². The number of aromatic nitrogens is 1. The zero-order valence-corrected chi connectivity index (χ0v) is 30.8. The highest BCUT2D eigenvalue weighted by Gasteiger charge is 2.19. The maximum absolute atomic E-state index is 2.44. The fourth-order valence-corrected chi connectivity index (χ4v) is 8.13. The van der Waals surface area contributed by atoms with Gasteiger partial charge >= 0.3 is 0 Å². The molecule has 0 aliphatic carbocycles. The van der Waals surface area contributed by atoms with Crippen molar-refractivity contribution in [2.24, 2.45) is 0 Å². The van der Waals surface area contributed by atoms with Gasteiger partial charge in [0.25, 0.3) is 0 Å². The van der Waals surface area contributed by atoms with Gasteiger partial charge in [-0.3, -0.25) is 0 Å². The van der Waals surface area contributed by atoms with E-state index in [0.29, 0.717) is 0 Å². The highest BCUT2D eigenvalue weighted by Crippen LogP contribution is 2.43. The first-order valence-corrected chi connectivity index (χ1v) is 19.2. The summed E-state index contributed by atoms with van der Waals surface area (Å²) in [6.07, 6.45) is 0. The molecule has 2 heteroatoms. The minimum atomic E-state index is 1.09. The third kappa shape index (κ3) is 6.04. The standard InChI is InChI=1S/C54H38N2/c1-4-16-39(17-5-1)41-28-33-45(34-29-41)55(51-25-13-10-22-47(51)42-20-8-3-9-21-42)46-35-30-43(31-36-46)48-23-11-14-26-52(48)56-53-27-15-12-24-49(53)50-37-32-44(38-54(50)56)40-18-6-2-7-19-40/h1-38H. The summed E-state index contributed by atoms with van der Waals surface area (Å²) < 4.78 is 2.44. The van der Waals surface area contributed by atoms with E-state index >= 15 is 0 Å². The molecule has 2 nitrogen and oxygen atoms in total. The van der Waals surface area contributed by atoms with Gasteiger partial charge in [0.1, 0.15) is 0 Å². The molecule has 0 radical (unpaired) electrons. The van der Waals surface area contributed by atoms with Crippen LogP contribution in [-0.2, 0) is 0 Å². The predicted molar refractivity (Wildman–Crippen MR) is 237 cm³/mol. The molecule has 1 aromatic heterocycles. The van der Waals surface area contributed by atoms with Gasteiger partial charge in [-0.25, -0.2) is 0 Å². The number of hydrogen-bond donors (Lipinski definition) is 0. The molecule has 0 aliphatic heterocycles. The van der Waals surface area contributed by atoms with Gasteiger partial charge in [-0.05, 0) is 81.9 Å². The molecule has 0 amide bonds. The summed E-state index contributed by atoms with van der Waals surface area (Å²) in [6, 6.07) is 83.0. The van der Waals surface area contributed by atoms with Crippen molar-refractivity contribution in [1.29, 1.82) is 0 Å². The van der Waals surface area contributed by atoms with Gasteiger partial charge in [0.15, 0.2) is 0 Å². The molecule has 0 bridgehead atoms. The zero-order chi connectivity index (χ0) is 37.3. The Morgan fingerprint density at radius 3 is 1.41 bits per heavy atom. The van der Waals surface area contributed by atoms with E-state index in [9.17, 15) is 0 Å². The lowest BCUT2D eigenvalue weighted by molar-refractivity contribution is 1.18. The molecule has 0 atom stereocenters. The molecule has 56 heavy (non-hydrogen) atoms. The van der Waals surface area contributed by atoms with Crippen LogP contribution in [0.5, 0.6) is 0 Å². The lowest BCUT2D eigenvalue weighted by Gasteiger charge is -2.28. The third-order valence-corrected chi connectivity index (χ3v) is 10.8. The molecule has 0 aliphatic rings. The van der Waals surface area contributed by atoms with E-state index in [-0.39, 0.29) is 0 Å². The second kappa shape index (κ2) is 14.4. The van der Waals surface area contributed by atoms with Crippen LogP contribution < -0.4 is 4.90 Å². The topological polar surface area (TPSA) is 8.17 Å². The Bertz CT molecular complexity index is 2930. The maximum atomic E-state index is 2.44. The first kappa shape index (κ1) is 33.2. The summed E-state index contributed by atoms with van der Waals surface area (Å²) in [6.45, 7) is 0. The Balaban J connectivity index is 1.10. The van der Waals surface area contributed by atoms with E-state index in [0.717, 1.165) is 28.3 Å². The number of rotatable bonds is 8. The van der Waals surface area contributed by atoms with Crippen molar-refractivity contribution < 1.29 is 0 Å². The lowest BCUT2D eigenvalue weighted by Crippen LogP contribution is -2.11. The summed E-state index contributed by atoms with van der Waals surface area (Å²) in [4.78, 5) is 2.38. The highest BCUT2D eigenvalue weighted by molar-refractivity contribution is 6.10. The molecule has 10 aromatic rings. The van der Waals surface area contributed by atoms with Gasteiger partial charge in [-0.1, -0.05) is 182 Å². The predicted octanol–water partition coefficient (Wildman–Crippen LogP) is 14.9. The summed E-state index contributed by atoms with van der Waals surface area (Å²) in [5.41, 5.74) is 16.4. The first-order valence-electron chi connectivity index (χ1n) is 19.2. The van der Waals surface area contributed by atoms with E-state index in [1.807, 2.05) is 0 Å². The van der Waals surface area contributed by atoms with E-state index in [1.54, 1.807) is 0 Å². The van der Waals surface area contributed by atoms with Crippen molar-refractivity contribution in [1.82, 2.24) is 4.57 Å². The SMILES string of the molecule is c1ccc(-c2ccc(N(c3ccc(-c4ccccc4-n4c5ccccc5c5ccc(-c6ccccc6)cc54)cc3)c3ccccc3-c3ccccc3)cc2)cc1. The molecule has 0 spiro atoms. The Labute approximate surface area is 327 Å². The molecule has 0 fully saturated rings. The monoisotopic (exact) mass is 714 g/mol. The average Bonchev–Trinajstić information content (AvgIpc) is 3.61. The Kier molecular flexibility index (Phi) is 8.55. The van der Waals surface area contributed by atoms with Crippen molar-refractivity contribution in [2.75, 3.05) is 4.90 Å². The van der Waals surface area contributed by atoms with Crippen LogP contribution in [0.3, 0.4) is 0 Å². The highest BCUT2D eigenvalue weighted by atomic mass is 15.1. The van der Waals surface area contributed by atoms with Crippen LogP contribution >= 0.6 is 0 Å². The zero-order valence-electron chi connectivity index (χ0n) is 30.8. The average molecular weight is 715 g/mol. The molecule has 0 N–H and O–H groups in total. The molecule has 0 saturated carbocycles. The summed E-state index contributed by atoms with van der Waals surface area (Å²) in [5.74, 6) is 0. The second-order valence-electron chi connectivity index (χ2n) is 14.1. The Morgan fingerprint density at radius 1 is 0.286 bits per heavy atom. The molecule has 0 unspecified atom stereocenters. The molecule has 9 aromatic carbocycles. The van der Waals surface area contributed by atoms with Crippen LogP contribution in [0.25, 0.3) is 72.0 Å². The van der Waals surface area contributed by atoms with E-state index < -0.39 is 0 Å². The Morgan fingerprint density at radius 2 is 0.732 bits per heavy atom. The van der Waals surface area contributed by atoms with Crippen molar-refractivity contribution in [3.8, 4) is 50.2 Å². The molecule has 0 saturated heterocycles.